The third kappa shape index (κ3) is 5.14. The zero-order valence-corrected chi connectivity index (χ0v) is 23.2. The molecule has 0 spiro atoms. The first-order valence-electron chi connectivity index (χ1n) is 12.8. The minimum atomic E-state index is -0.674. The minimum absolute atomic E-state index is 0.0819. The summed E-state index contributed by atoms with van der Waals surface area (Å²) in [6.07, 6.45) is 0.395. The predicted molar refractivity (Wildman–Crippen MR) is 155 cm³/mol. The molecule has 2 heterocycles. The van der Waals surface area contributed by atoms with Gasteiger partial charge in [0.1, 0.15) is 11.8 Å². The first-order valence-corrected chi connectivity index (χ1v) is 13.6. The maximum absolute atomic E-state index is 14.3. The van der Waals surface area contributed by atoms with Gasteiger partial charge in [-0.1, -0.05) is 57.4 Å². The molecular formula is C32H27BrN2O4. The van der Waals surface area contributed by atoms with Gasteiger partial charge in [-0.25, -0.2) is 0 Å². The molecule has 0 radical (unpaired) electrons. The lowest BCUT2D eigenvalue weighted by molar-refractivity contribution is -0.119. The molecule has 2 aliphatic rings. The first kappa shape index (κ1) is 25.2. The zero-order valence-electron chi connectivity index (χ0n) is 21.6. The normalized spacial score (nSPS) is 16.1. The summed E-state index contributed by atoms with van der Waals surface area (Å²) in [5, 5.41) is 9.79. The number of rotatable bonds is 5. The van der Waals surface area contributed by atoms with E-state index in [9.17, 15) is 9.90 Å². The van der Waals surface area contributed by atoms with Crippen molar-refractivity contribution >= 4 is 33.2 Å². The molecule has 0 unspecified atom stereocenters. The van der Waals surface area contributed by atoms with E-state index in [4.69, 9.17) is 14.5 Å². The van der Waals surface area contributed by atoms with Crippen LogP contribution in [0.15, 0.2) is 88.3 Å². The number of halogens is 1. The van der Waals surface area contributed by atoms with Gasteiger partial charge in [-0.05, 0) is 73.5 Å². The molecule has 39 heavy (non-hydrogen) atoms. The number of phenols is 1. The van der Waals surface area contributed by atoms with Gasteiger partial charge in [-0.3, -0.25) is 9.79 Å². The smallest absolute Gasteiger partial charge is 0.252 e. The largest absolute Gasteiger partial charge is 0.508 e. The van der Waals surface area contributed by atoms with Gasteiger partial charge in [0.15, 0.2) is 11.5 Å². The second kappa shape index (κ2) is 10.2. The standard InChI is InChI=1S/C32H27BrN2O4/c1-19-11-20(2)13-22(12-19)17-35-28-9-6-24(33)16-26(28)31(23-5-10-29-30(15-23)39-18-38-29)34-27(32(35)37)14-21-3-7-25(36)8-4-21/h3-13,15-16,27,36H,14,17-18H2,1-2H3/t27-/m1/s1. The number of carbonyl (C=O) groups excluding carboxylic acids is 1. The van der Waals surface area contributed by atoms with Gasteiger partial charge in [-0.2, -0.15) is 0 Å². The molecule has 1 amide bonds. The Labute approximate surface area is 235 Å². The Bertz CT molecular complexity index is 1590. The summed E-state index contributed by atoms with van der Waals surface area (Å²) in [5.41, 5.74) is 7.49. The van der Waals surface area contributed by atoms with Crippen LogP contribution in [0.2, 0.25) is 0 Å². The van der Waals surface area contributed by atoms with Crippen molar-refractivity contribution in [3.05, 3.63) is 117 Å². The topological polar surface area (TPSA) is 71.4 Å². The summed E-state index contributed by atoms with van der Waals surface area (Å²) in [6, 6.07) is 24.4. The summed E-state index contributed by atoms with van der Waals surface area (Å²) in [5.74, 6) is 1.45. The third-order valence-corrected chi connectivity index (χ3v) is 7.47. The molecule has 0 saturated heterocycles. The number of ether oxygens (including phenoxy) is 2. The van der Waals surface area contributed by atoms with Crippen LogP contribution in [0.4, 0.5) is 5.69 Å². The van der Waals surface area contributed by atoms with Gasteiger partial charge >= 0.3 is 0 Å². The molecular weight excluding hydrogens is 556 g/mol. The Kier molecular flexibility index (Phi) is 6.61. The Hall–Kier alpha value is -4.10. The van der Waals surface area contributed by atoms with Crippen molar-refractivity contribution in [2.75, 3.05) is 11.7 Å². The van der Waals surface area contributed by atoms with Gasteiger partial charge in [0, 0.05) is 22.0 Å². The van der Waals surface area contributed by atoms with Crippen molar-refractivity contribution in [3.63, 3.8) is 0 Å². The number of phenolic OH excluding ortho intramolecular Hbond substituents is 1. The lowest BCUT2D eigenvalue weighted by Gasteiger charge is -2.26. The Balaban J connectivity index is 1.51. The van der Waals surface area contributed by atoms with Gasteiger partial charge in [-0.15, -0.1) is 0 Å². The van der Waals surface area contributed by atoms with Gasteiger partial charge in [0.2, 0.25) is 6.79 Å². The van der Waals surface area contributed by atoms with E-state index in [0.717, 1.165) is 43.5 Å². The number of hydrogen-bond donors (Lipinski definition) is 1. The highest BCUT2D eigenvalue weighted by Gasteiger charge is 2.33. The second-order valence-corrected chi connectivity index (χ2v) is 10.9. The van der Waals surface area contributed by atoms with Gasteiger partial charge in [0.25, 0.3) is 5.91 Å². The molecule has 0 aliphatic carbocycles. The molecule has 0 bridgehead atoms. The summed E-state index contributed by atoms with van der Waals surface area (Å²) in [7, 11) is 0. The monoisotopic (exact) mass is 582 g/mol. The highest BCUT2D eigenvalue weighted by molar-refractivity contribution is 9.10. The molecule has 6 rings (SSSR count). The Morgan fingerprint density at radius 2 is 1.64 bits per heavy atom. The first-order chi connectivity index (χ1) is 18.8. The van der Waals surface area contributed by atoms with Crippen LogP contribution in [0.25, 0.3) is 0 Å². The molecule has 0 aromatic heterocycles. The van der Waals surface area contributed by atoms with Crippen LogP contribution in [-0.4, -0.2) is 29.6 Å². The fourth-order valence-corrected chi connectivity index (χ4v) is 5.64. The van der Waals surface area contributed by atoms with Crippen LogP contribution >= 0.6 is 15.9 Å². The SMILES string of the molecule is Cc1cc(C)cc(CN2C(=O)[C@@H](Cc3ccc(O)cc3)N=C(c3ccc4c(c3)OCO4)c3cc(Br)ccc32)c1. The van der Waals surface area contributed by atoms with Crippen LogP contribution in [0.3, 0.4) is 0 Å². The lowest BCUT2D eigenvalue weighted by Crippen LogP contribution is -2.38. The van der Waals surface area contributed by atoms with E-state index in [1.807, 2.05) is 53.4 Å². The average Bonchev–Trinajstić information content (AvgIpc) is 3.34. The van der Waals surface area contributed by atoms with Crippen molar-refractivity contribution in [1.82, 2.24) is 0 Å². The van der Waals surface area contributed by atoms with E-state index < -0.39 is 6.04 Å². The van der Waals surface area contributed by atoms with Crippen LogP contribution < -0.4 is 14.4 Å². The number of fused-ring (bicyclic) bond motifs is 2. The number of aliphatic imine (C=N–C) groups is 1. The van der Waals surface area contributed by atoms with E-state index in [-0.39, 0.29) is 18.4 Å². The molecule has 196 valence electrons. The lowest BCUT2D eigenvalue weighted by atomic mass is 9.99. The van der Waals surface area contributed by atoms with E-state index in [1.165, 1.54) is 0 Å². The van der Waals surface area contributed by atoms with E-state index >= 15 is 0 Å². The third-order valence-electron chi connectivity index (χ3n) is 6.97. The van der Waals surface area contributed by atoms with Crippen molar-refractivity contribution in [1.29, 1.82) is 0 Å². The van der Waals surface area contributed by atoms with Crippen molar-refractivity contribution in [2.45, 2.75) is 32.9 Å². The van der Waals surface area contributed by atoms with E-state index in [0.29, 0.717) is 30.2 Å². The Morgan fingerprint density at radius 1 is 0.897 bits per heavy atom. The molecule has 0 fully saturated rings. The number of nitrogens with zero attached hydrogens (tertiary/aromatic N) is 2. The summed E-state index contributed by atoms with van der Waals surface area (Å²) in [4.78, 5) is 21.3. The molecule has 4 aromatic rings. The quantitative estimate of drug-likeness (QED) is 0.292. The number of amides is 1. The number of anilines is 1. The molecule has 7 heteroatoms. The van der Waals surface area contributed by atoms with Crippen LogP contribution in [0, 0.1) is 13.8 Å². The minimum Gasteiger partial charge on any atom is -0.508 e. The van der Waals surface area contributed by atoms with E-state index in [1.54, 1.807) is 12.1 Å². The van der Waals surface area contributed by atoms with Crippen LogP contribution in [-0.2, 0) is 17.8 Å². The van der Waals surface area contributed by atoms with Crippen molar-refractivity contribution < 1.29 is 19.4 Å². The maximum Gasteiger partial charge on any atom is 0.252 e. The second-order valence-electron chi connectivity index (χ2n) is 10.0. The fraction of sp³-hybridized carbons (Fsp3) is 0.188. The summed E-state index contributed by atoms with van der Waals surface area (Å²) < 4.78 is 12.1. The molecule has 1 atom stereocenters. The number of aryl methyl sites for hydroxylation is 2. The molecule has 2 aliphatic heterocycles. The Morgan fingerprint density at radius 3 is 2.41 bits per heavy atom. The highest BCUT2D eigenvalue weighted by atomic mass is 79.9. The van der Waals surface area contributed by atoms with Gasteiger partial charge in [0.05, 0.1) is 17.9 Å². The number of benzene rings is 4. The zero-order chi connectivity index (χ0) is 27.1. The number of aromatic hydroxyl groups is 1. The summed E-state index contributed by atoms with van der Waals surface area (Å²) in [6.45, 7) is 4.74. The van der Waals surface area contributed by atoms with Crippen LogP contribution in [0.1, 0.15) is 33.4 Å². The highest BCUT2D eigenvalue weighted by Crippen LogP contribution is 2.37. The average molecular weight is 583 g/mol. The fourth-order valence-electron chi connectivity index (χ4n) is 5.28. The molecule has 1 N–H and O–H groups in total. The molecule has 6 nitrogen and oxygen atoms in total. The molecule has 4 aromatic carbocycles. The maximum atomic E-state index is 14.3. The van der Waals surface area contributed by atoms with Crippen molar-refractivity contribution in [2.24, 2.45) is 4.99 Å². The number of hydrogen-bond acceptors (Lipinski definition) is 5. The summed E-state index contributed by atoms with van der Waals surface area (Å²) >= 11 is 3.64. The van der Waals surface area contributed by atoms with E-state index in [2.05, 4.69) is 48.0 Å². The van der Waals surface area contributed by atoms with Crippen LogP contribution in [0.5, 0.6) is 17.2 Å². The molecule has 0 saturated carbocycles. The predicted octanol–water partition coefficient (Wildman–Crippen LogP) is 6.50. The van der Waals surface area contributed by atoms with Crippen molar-refractivity contribution in [3.8, 4) is 17.2 Å². The number of carbonyl (C=O) groups is 1. The number of benzodiazepines with no additional fused rings is 1. The van der Waals surface area contributed by atoms with Gasteiger partial charge < -0.3 is 19.5 Å².